The average Bonchev–Trinajstić information content (AvgIpc) is 2.71. The summed E-state index contributed by atoms with van der Waals surface area (Å²) in [5.41, 5.74) is 1.21. The first-order valence-corrected chi connectivity index (χ1v) is 8.82. The van der Waals surface area contributed by atoms with E-state index in [-0.39, 0.29) is 17.4 Å². The maximum atomic E-state index is 12.9. The number of ether oxygens (including phenoxy) is 4. The summed E-state index contributed by atoms with van der Waals surface area (Å²) in [5.74, 6) is 1.04. The fourth-order valence-corrected chi connectivity index (χ4v) is 2.91. The largest absolute Gasteiger partial charge is 0.493 e. The van der Waals surface area contributed by atoms with Gasteiger partial charge in [-0.15, -0.1) is 0 Å². The quantitative estimate of drug-likeness (QED) is 0.718. The molecule has 150 valence electrons. The van der Waals surface area contributed by atoms with Crippen LogP contribution in [0, 0.1) is 0 Å². The first kappa shape index (κ1) is 19.7. The van der Waals surface area contributed by atoms with Crippen LogP contribution in [0.2, 0.25) is 0 Å². The molecular formula is C20H21F2NO5. The van der Waals surface area contributed by atoms with Gasteiger partial charge < -0.3 is 23.8 Å². The van der Waals surface area contributed by atoms with Crippen molar-refractivity contribution < 1.29 is 32.5 Å². The van der Waals surface area contributed by atoms with Crippen molar-refractivity contribution in [3.8, 4) is 23.0 Å². The Labute approximate surface area is 161 Å². The maximum Gasteiger partial charge on any atom is 0.387 e. The lowest BCUT2D eigenvalue weighted by Crippen LogP contribution is -2.30. The average molecular weight is 393 g/mol. The number of rotatable bonds is 7. The molecule has 1 aliphatic heterocycles. The molecular weight excluding hydrogens is 372 g/mol. The SMILES string of the molecule is CCN(Cc1ccc2c(c1)OCCO2)C(=O)c1ccc(OC(F)F)c(OC)c1. The van der Waals surface area contributed by atoms with Crippen LogP contribution in [0.3, 0.4) is 0 Å². The normalized spacial score (nSPS) is 12.6. The number of alkyl halides is 2. The number of hydrogen-bond acceptors (Lipinski definition) is 5. The lowest BCUT2D eigenvalue weighted by atomic mass is 10.1. The van der Waals surface area contributed by atoms with Crippen LogP contribution in [0.25, 0.3) is 0 Å². The molecule has 0 fully saturated rings. The van der Waals surface area contributed by atoms with E-state index in [0.29, 0.717) is 43.4 Å². The molecule has 1 aliphatic rings. The van der Waals surface area contributed by atoms with Crippen LogP contribution in [-0.2, 0) is 6.54 Å². The summed E-state index contributed by atoms with van der Waals surface area (Å²) in [6.45, 7) is 0.715. The number of benzene rings is 2. The van der Waals surface area contributed by atoms with E-state index in [1.54, 1.807) is 4.90 Å². The van der Waals surface area contributed by atoms with Gasteiger partial charge in [0.25, 0.3) is 5.91 Å². The van der Waals surface area contributed by atoms with E-state index in [4.69, 9.17) is 14.2 Å². The van der Waals surface area contributed by atoms with Gasteiger partial charge in [-0.05, 0) is 42.8 Å². The van der Waals surface area contributed by atoms with Crippen molar-refractivity contribution in [3.05, 3.63) is 47.5 Å². The van der Waals surface area contributed by atoms with E-state index in [2.05, 4.69) is 4.74 Å². The van der Waals surface area contributed by atoms with Crippen LogP contribution in [-0.4, -0.2) is 44.3 Å². The van der Waals surface area contributed by atoms with Gasteiger partial charge in [-0.1, -0.05) is 6.07 Å². The molecule has 6 nitrogen and oxygen atoms in total. The fourth-order valence-electron chi connectivity index (χ4n) is 2.91. The second-order valence-electron chi connectivity index (χ2n) is 6.04. The van der Waals surface area contributed by atoms with Gasteiger partial charge in [-0.2, -0.15) is 8.78 Å². The Balaban J connectivity index is 1.78. The van der Waals surface area contributed by atoms with Crippen LogP contribution in [0.4, 0.5) is 8.78 Å². The van der Waals surface area contributed by atoms with Crippen molar-refractivity contribution in [1.82, 2.24) is 4.90 Å². The topological polar surface area (TPSA) is 57.2 Å². The second kappa shape index (κ2) is 8.77. The molecule has 0 saturated carbocycles. The Morgan fingerprint density at radius 3 is 2.54 bits per heavy atom. The molecule has 0 aliphatic carbocycles. The second-order valence-corrected chi connectivity index (χ2v) is 6.04. The molecule has 0 saturated heterocycles. The summed E-state index contributed by atoms with van der Waals surface area (Å²) in [4.78, 5) is 14.5. The Morgan fingerprint density at radius 2 is 1.86 bits per heavy atom. The summed E-state index contributed by atoms with van der Waals surface area (Å²) in [6, 6.07) is 9.69. The first-order valence-electron chi connectivity index (χ1n) is 8.82. The van der Waals surface area contributed by atoms with Gasteiger partial charge in [0.2, 0.25) is 0 Å². The third-order valence-corrected chi connectivity index (χ3v) is 4.28. The van der Waals surface area contributed by atoms with Crippen LogP contribution < -0.4 is 18.9 Å². The van der Waals surface area contributed by atoms with Crippen molar-refractivity contribution in [2.75, 3.05) is 26.9 Å². The number of halogens is 2. The number of fused-ring (bicyclic) bond motifs is 1. The molecule has 0 atom stereocenters. The minimum Gasteiger partial charge on any atom is -0.493 e. The molecule has 1 heterocycles. The molecule has 28 heavy (non-hydrogen) atoms. The molecule has 0 bridgehead atoms. The highest BCUT2D eigenvalue weighted by atomic mass is 19.3. The molecule has 0 spiro atoms. The summed E-state index contributed by atoms with van der Waals surface area (Å²) in [5, 5.41) is 0. The Bertz CT molecular complexity index is 843. The zero-order chi connectivity index (χ0) is 20.1. The van der Waals surface area contributed by atoms with Gasteiger partial charge in [0, 0.05) is 18.7 Å². The molecule has 3 rings (SSSR count). The number of carbonyl (C=O) groups is 1. The van der Waals surface area contributed by atoms with Crippen LogP contribution in [0.15, 0.2) is 36.4 Å². The smallest absolute Gasteiger partial charge is 0.387 e. The molecule has 0 N–H and O–H groups in total. The van der Waals surface area contributed by atoms with Crippen LogP contribution >= 0.6 is 0 Å². The summed E-state index contributed by atoms with van der Waals surface area (Å²) >= 11 is 0. The molecule has 2 aromatic rings. The number of methoxy groups -OCH3 is 1. The van der Waals surface area contributed by atoms with E-state index in [1.807, 2.05) is 25.1 Å². The van der Waals surface area contributed by atoms with Crippen molar-refractivity contribution in [2.45, 2.75) is 20.1 Å². The third kappa shape index (κ3) is 4.44. The molecule has 2 aromatic carbocycles. The molecule has 0 radical (unpaired) electrons. The van der Waals surface area contributed by atoms with E-state index >= 15 is 0 Å². The summed E-state index contributed by atoms with van der Waals surface area (Å²) in [7, 11) is 1.33. The van der Waals surface area contributed by atoms with Crippen molar-refractivity contribution >= 4 is 5.91 Å². The number of hydrogen-bond donors (Lipinski definition) is 0. The van der Waals surface area contributed by atoms with E-state index < -0.39 is 6.61 Å². The predicted molar refractivity (Wildman–Crippen MR) is 97.5 cm³/mol. The van der Waals surface area contributed by atoms with Crippen molar-refractivity contribution in [1.29, 1.82) is 0 Å². The Morgan fingerprint density at radius 1 is 1.11 bits per heavy atom. The number of carbonyl (C=O) groups excluding carboxylic acids is 1. The van der Waals surface area contributed by atoms with Crippen LogP contribution in [0.5, 0.6) is 23.0 Å². The predicted octanol–water partition coefficient (Wildman–Crippen LogP) is 3.73. The van der Waals surface area contributed by atoms with Gasteiger partial charge in [0.05, 0.1) is 7.11 Å². The maximum absolute atomic E-state index is 12.9. The standard InChI is InChI=1S/C20H21F2NO5/c1-3-23(12-13-4-6-15-18(10-13)27-9-8-26-15)19(24)14-5-7-16(28-20(21)22)17(11-14)25-2/h4-7,10-11,20H,3,8-9,12H2,1-2H3. The highest BCUT2D eigenvalue weighted by molar-refractivity contribution is 5.95. The zero-order valence-corrected chi connectivity index (χ0v) is 15.6. The third-order valence-electron chi connectivity index (χ3n) is 4.28. The highest BCUT2D eigenvalue weighted by Gasteiger charge is 2.19. The summed E-state index contributed by atoms with van der Waals surface area (Å²) in [6.07, 6.45) is 0. The molecule has 0 unspecified atom stereocenters. The minimum atomic E-state index is -2.97. The minimum absolute atomic E-state index is 0.0709. The molecule has 8 heteroatoms. The van der Waals surface area contributed by atoms with Gasteiger partial charge in [-0.3, -0.25) is 4.79 Å². The van der Waals surface area contributed by atoms with Gasteiger partial charge in [0.1, 0.15) is 13.2 Å². The number of nitrogens with zero attached hydrogens (tertiary/aromatic N) is 1. The van der Waals surface area contributed by atoms with Gasteiger partial charge in [0.15, 0.2) is 23.0 Å². The number of amides is 1. The summed E-state index contributed by atoms with van der Waals surface area (Å²) < 4.78 is 45.5. The monoisotopic (exact) mass is 393 g/mol. The Hall–Kier alpha value is -3.03. The zero-order valence-electron chi connectivity index (χ0n) is 15.6. The van der Waals surface area contributed by atoms with E-state index in [9.17, 15) is 13.6 Å². The van der Waals surface area contributed by atoms with Gasteiger partial charge >= 0.3 is 6.61 Å². The van der Waals surface area contributed by atoms with E-state index in [0.717, 1.165) is 5.56 Å². The van der Waals surface area contributed by atoms with Crippen molar-refractivity contribution in [2.24, 2.45) is 0 Å². The lowest BCUT2D eigenvalue weighted by molar-refractivity contribution is -0.0512. The molecule has 1 amide bonds. The first-order chi connectivity index (χ1) is 13.5. The molecule has 0 aromatic heterocycles. The lowest BCUT2D eigenvalue weighted by Gasteiger charge is -2.23. The Kier molecular flexibility index (Phi) is 6.18. The van der Waals surface area contributed by atoms with Crippen molar-refractivity contribution in [3.63, 3.8) is 0 Å². The van der Waals surface area contributed by atoms with Crippen LogP contribution in [0.1, 0.15) is 22.8 Å². The van der Waals surface area contributed by atoms with Gasteiger partial charge in [-0.25, -0.2) is 0 Å². The van der Waals surface area contributed by atoms with E-state index in [1.165, 1.54) is 25.3 Å². The fraction of sp³-hybridized carbons (Fsp3) is 0.350. The highest BCUT2D eigenvalue weighted by Crippen LogP contribution is 2.32.